The van der Waals surface area contributed by atoms with Crippen LogP contribution in [0.5, 0.6) is 0 Å². The van der Waals surface area contributed by atoms with Crippen LogP contribution in [0.15, 0.2) is 11.6 Å². The van der Waals surface area contributed by atoms with Gasteiger partial charge >= 0.3 is 0 Å². The summed E-state index contributed by atoms with van der Waals surface area (Å²) in [4.78, 5) is 0. The maximum absolute atomic E-state index is 10.8. The second-order valence-electron chi connectivity index (χ2n) is 5.96. The number of aliphatic hydroxyl groups excluding tert-OH is 2. The van der Waals surface area contributed by atoms with Gasteiger partial charge in [-0.05, 0) is 37.3 Å². The summed E-state index contributed by atoms with van der Waals surface area (Å²) < 4.78 is 0. The Hall–Kier alpha value is -0.820. The standard InChI is InChI=1S/C15H24O3/c1-11(6-8-16)5-7-15(18)12(2)9-13(17)10-14(15,3)4/h6,12-13,16-18H,8-10H2,1-4H3/b11-6+. The van der Waals surface area contributed by atoms with Crippen molar-refractivity contribution in [2.24, 2.45) is 11.3 Å². The maximum Gasteiger partial charge on any atom is 0.133 e. The van der Waals surface area contributed by atoms with Gasteiger partial charge in [-0.2, -0.15) is 0 Å². The second-order valence-corrected chi connectivity index (χ2v) is 5.96. The van der Waals surface area contributed by atoms with Crippen molar-refractivity contribution >= 4 is 0 Å². The van der Waals surface area contributed by atoms with Gasteiger partial charge in [-0.3, -0.25) is 0 Å². The van der Waals surface area contributed by atoms with E-state index < -0.39 is 11.0 Å². The molecule has 1 aliphatic carbocycles. The van der Waals surface area contributed by atoms with E-state index in [1.807, 2.05) is 27.7 Å². The molecular weight excluding hydrogens is 228 g/mol. The first-order chi connectivity index (χ1) is 8.23. The summed E-state index contributed by atoms with van der Waals surface area (Å²) in [6.45, 7) is 7.56. The van der Waals surface area contributed by atoms with E-state index >= 15 is 0 Å². The van der Waals surface area contributed by atoms with E-state index in [9.17, 15) is 10.2 Å². The molecular formula is C15H24O3. The molecule has 18 heavy (non-hydrogen) atoms. The van der Waals surface area contributed by atoms with E-state index in [-0.39, 0.29) is 18.6 Å². The Morgan fingerprint density at radius 3 is 2.56 bits per heavy atom. The van der Waals surface area contributed by atoms with Crippen LogP contribution >= 0.6 is 0 Å². The number of aliphatic hydroxyl groups is 3. The molecule has 102 valence electrons. The largest absolute Gasteiger partial charge is 0.393 e. The molecule has 0 aromatic heterocycles. The minimum atomic E-state index is -1.10. The maximum atomic E-state index is 10.8. The van der Waals surface area contributed by atoms with E-state index in [0.29, 0.717) is 12.8 Å². The van der Waals surface area contributed by atoms with Crippen molar-refractivity contribution in [1.82, 2.24) is 0 Å². The average molecular weight is 252 g/mol. The van der Waals surface area contributed by atoms with Gasteiger partial charge in [0.05, 0.1) is 12.7 Å². The smallest absolute Gasteiger partial charge is 0.133 e. The molecule has 3 nitrogen and oxygen atoms in total. The van der Waals surface area contributed by atoms with Gasteiger partial charge in [0.25, 0.3) is 0 Å². The van der Waals surface area contributed by atoms with Crippen molar-refractivity contribution in [3.63, 3.8) is 0 Å². The van der Waals surface area contributed by atoms with Crippen LogP contribution in [0.3, 0.4) is 0 Å². The second kappa shape index (κ2) is 5.44. The molecule has 1 saturated carbocycles. The number of hydrogen-bond acceptors (Lipinski definition) is 3. The van der Waals surface area contributed by atoms with Crippen LogP contribution in [0.4, 0.5) is 0 Å². The summed E-state index contributed by atoms with van der Waals surface area (Å²) in [5.74, 6) is 5.79. The number of allylic oxidation sites excluding steroid dienone is 1. The quantitative estimate of drug-likeness (QED) is 0.619. The fourth-order valence-electron chi connectivity index (χ4n) is 2.75. The van der Waals surface area contributed by atoms with Crippen LogP contribution in [0.2, 0.25) is 0 Å². The van der Waals surface area contributed by atoms with Crippen molar-refractivity contribution in [2.75, 3.05) is 6.61 Å². The van der Waals surface area contributed by atoms with Gasteiger partial charge in [-0.1, -0.05) is 32.6 Å². The van der Waals surface area contributed by atoms with Crippen molar-refractivity contribution in [3.05, 3.63) is 11.6 Å². The lowest BCUT2D eigenvalue weighted by atomic mass is 9.60. The highest BCUT2D eigenvalue weighted by molar-refractivity contribution is 5.33. The highest BCUT2D eigenvalue weighted by Gasteiger charge is 2.51. The molecule has 0 aliphatic heterocycles. The highest BCUT2D eigenvalue weighted by atomic mass is 16.3. The SMILES string of the molecule is C/C(C#CC1(O)C(C)CC(O)CC1(C)C)=C\CO. The van der Waals surface area contributed by atoms with Gasteiger partial charge in [-0.25, -0.2) is 0 Å². The van der Waals surface area contributed by atoms with Crippen LogP contribution < -0.4 is 0 Å². The summed E-state index contributed by atoms with van der Waals surface area (Å²) in [6, 6.07) is 0. The number of rotatable bonds is 1. The number of hydrogen-bond donors (Lipinski definition) is 3. The molecule has 0 amide bonds. The minimum Gasteiger partial charge on any atom is -0.393 e. The van der Waals surface area contributed by atoms with Gasteiger partial charge in [-0.15, -0.1) is 0 Å². The van der Waals surface area contributed by atoms with Gasteiger partial charge in [0.2, 0.25) is 0 Å². The van der Waals surface area contributed by atoms with Gasteiger partial charge < -0.3 is 15.3 Å². The monoisotopic (exact) mass is 252 g/mol. The van der Waals surface area contributed by atoms with Gasteiger partial charge in [0, 0.05) is 5.41 Å². The van der Waals surface area contributed by atoms with E-state index in [2.05, 4.69) is 11.8 Å². The van der Waals surface area contributed by atoms with Crippen LogP contribution in [0, 0.1) is 23.2 Å². The molecule has 1 aliphatic rings. The molecule has 0 bridgehead atoms. The Bertz CT molecular complexity index is 386. The third kappa shape index (κ3) is 2.95. The van der Waals surface area contributed by atoms with Gasteiger partial charge in [0.15, 0.2) is 0 Å². The fourth-order valence-corrected chi connectivity index (χ4v) is 2.75. The lowest BCUT2D eigenvalue weighted by Crippen LogP contribution is -2.54. The van der Waals surface area contributed by atoms with Crippen LogP contribution in [-0.4, -0.2) is 33.6 Å². The Kier molecular flexibility index (Phi) is 4.61. The van der Waals surface area contributed by atoms with E-state index in [4.69, 9.17) is 5.11 Å². The molecule has 3 atom stereocenters. The molecule has 0 saturated heterocycles. The van der Waals surface area contributed by atoms with Crippen molar-refractivity contribution in [1.29, 1.82) is 0 Å². The summed E-state index contributed by atoms with van der Waals surface area (Å²) in [5.41, 5.74) is -0.798. The van der Waals surface area contributed by atoms with Crippen molar-refractivity contribution in [3.8, 4) is 11.8 Å². The lowest BCUT2D eigenvalue weighted by molar-refractivity contribution is -0.121. The summed E-state index contributed by atoms with van der Waals surface area (Å²) >= 11 is 0. The predicted octanol–water partition coefficient (Wildman–Crippen LogP) is 1.48. The zero-order valence-corrected chi connectivity index (χ0v) is 11.7. The van der Waals surface area contributed by atoms with Crippen molar-refractivity contribution in [2.45, 2.75) is 52.2 Å². The summed E-state index contributed by atoms with van der Waals surface area (Å²) in [6.07, 6.45) is 2.36. The van der Waals surface area contributed by atoms with Crippen LogP contribution in [0.1, 0.15) is 40.5 Å². The summed E-state index contributed by atoms with van der Waals surface area (Å²) in [7, 11) is 0. The zero-order chi connectivity index (χ0) is 14.0. The van der Waals surface area contributed by atoms with Crippen LogP contribution in [-0.2, 0) is 0 Å². The predicted molar refractivity (Wildman–Crippen MR) is 71.8 cm³/mol. The molecule has 0 spiro atoms. The van der Waals surface area contributed by atoms with Gasteiger partial charge in [0.1, 0.15) is 5.60 Å². The molecule has 3 N–H and O–H groups in total. The first-order valence-corrected chi connectivity index (χ1v) is 6.44. The molecule has 3 unspecified atom stereocenters. The molecule has 0 radical (unpaired) electrons. The average Bonchev–Trinajstić information content (AvgIpc) is 2.23. The molecule has 1 rings (SSSR count). The normalized spacial score (nSPS) is 35.8. The van der Waals surface area contributed by atoms with E-state index in [0.717, 1.165) is 5.57 Å². The minimum absolute atomic E-state index is 0.0450. The fraction of sp³-hybridized carbons (Fsp3) is 0.733. The Morgan fingerprint density at radius 1 is 1.44 bits per heavy atom. The Morgan fingerprint density at radius 2 is 2.06 bits per heavy atom. The molecule has 0 aromatic carbocycles. The molecule has 0 heterocycles. The first-order valence-electron chi connectivity index (χ1n) is 6.44. The van der Waals surface area contributed by atoms with E-state index in [1.54, 1.807) is 6.08 Å². The summed E-state index contributed by atoms with van der Waals surface area (Å²) in [5, 5.41) is 29.4. The third-order valence-corrected chi connectivity index (χ3v) is 3.96. The highest BCUT2D eigenvalue weighted by Crippen LogP contribution is 2.46. The van der Waals surface area contributed by atoms with E-state index in [1.165, 1.54) is 0 Å². The third-order valence-electron chi connectivity index (χ3n) is 3.96. The van der Waals surface area contributed by atoms with Crippen molar-refractivity contribution < 1.29 is 15.3 Å². The Balaban J connectivity index is 3.05. The zero-order valence-electron chi connectivity index (χ0n) is 11.7. The topological polar surface area (TPSA) is 60.7 Å². The molecule has 0 aromatic rings. The lowest BCUT2D eigenvalue weighted by Gasteiger charge is -2.48. The molecule has 3 heteroatoms. The van der Waals surface area contributed by atoms with Crippen LogP contribution in [0.25, 0.3) is 0 Å². The molecule has 1 fully saturated rings. The Labute approximate surface area is 110 Å². The first kappa shape index (κ1) is 15.2.